The lowest BCUT2D eigenvalue weighted by atomic mass is 10.1. The average molecular weight is 505 g/mol. The SMILES string of the molecule is CCC(c1nc2ccccc2c(=O)n1-c1ccc(F)cc1)N(CCOC)C(=O)Nc1ccc(OC)cc1. The maximum Gasteiger partial charge on any atom is 0.322 e. The van der Waals surface area contributed by atoms with E-state index in [9.17, 15) is 14.0 Å². The summed E-state index contributed by atoms with van der Waals surface area (Å²) in [5.74, 6) is 0.628. The van der Waals surface area contributed by atoms with Crippen LogP contribution in [0, 0.1) is 5.82 Å². The number of amides is 2. The number of fused-ring (bicyclic) bond motifs is 1. The summed E-state index contributed by atoms with van der Waals surface area (Å²) in [6.45, 7) is 2.45. The molecule has 0 spiro atoms. The minimum atomic E-state index is -0.587. The number of carbonyl (C=O) groups is 1. The molecule has 3 aromatic carbocycles. The Balaban J connectivity index is 1.83. The summed E-state index contributed by atoms with van der Waals surface area (Å²) < 4.78 is 25.7. The largest absolute Gasteiger partial charge is 0.497 e. The third-order valence-electron chi connectivity index (χ3n) is 6.09. The van der Waals surface area contributed by atoms with Gasteiger partial charge in [-0.1, -0.05) is 19.1 Å². The van der Waals surface area contributed by atoms with Crippen LogP contribution in [0.3, 0.4) is 0 Å². The number of halogens is 1. The Morgan fingerprint density at radius 2 is 1.76 bits per heavy atom. The molecule has 0 saturated heterocycles. The third kappa shape index (κ3) is 5.62. The summed E-state index contributed by atoms with van der Waals surface area (Å²) in [5, 5.41) is 3.34. The van der Waals surface area contributed by atoms with Crippen LogP contribution in [0.5, 0.6) is 5.75 Å². The van der Waals surface area contributed by atoms with Gasteiger partial charge < -0.3 is 19.7 Å². The second-order valence-electron chi connectivity index (χ2n) is 8.37. The fourth-order valence-corrected chi connectivity index (χ4v) is 4.21. The van der Waals surface area contributed by atoms with Crippen LogP contribution >= 0.6 is 0 Å². The number of hydrogen-bond donors (Lipinski definition) is 1. The van der Waals surface area contributed by atoms with Crippen LogP contribution in [0.1, 0.15) is 25.2 Å². The van der Waals surface area contributed by atoms with Gasteiger partial charge in [0.1, 0.15) is 17.4 Å². The van der Waals surface area contributed by atoms with Crippen molar-refractivity contribution in [3.63, 3.8) is 0 Å². The summed E-state index contributed by atoms with van der Waals surface area (Å²) >= 11 is 0. The van der Waals surface area contributed by atoms with Crippen LogP contribution < -0.4 is 15.6 Å². The maximum absolute atomic E-state index is 13.7. The second kappa shape index (κ2) is 11.7. The molecule has 2 amide bonds. The molecule has 0 aliphatic carbocycles. The highest BCUT2D eigenvalue weighted by Gasteiger charge is 2.29. The van der Waals surface area contributed by atoms with Crippen molar-refractivity contribution in [3.05, 3.63) is 94.8 Å². The van der Waals surface area contributed by atoms with E-state index < -0.39 is 11.9 Å². The molecule has 4 aromatic rings. The molecule has 1 heterocycles. The normalized spacial score (nSPS) is 11.8. The molecular formula is C28H29FN4O4. The third-order valence-corrected chi connectivity index (χ3v) is 6.09. The van der Waals surface area contributed by atoms with E-state index in [1.165, 1.54) is 28.8 Å². The highest BCUT2D eigenvalue weighted by atomic mass is 19.1. The summed E-state index contributed by atoms with van der Waals surface area (Å²) in [4.78, 5) is 33.7. The molecule has 9 heteroatoms. The molecule has 192 valence electrons. The number of methoxy groups -OCH3 is 2. The molecule has 0 radical (unpaired) electrons. The number of anilines is 1. The molecule has 1 aromatic heterocycles. The van der Waals surface area contributed by atoms with Crippen molar-refractivity contribution < 1.29 is 18.7 Å². The first-order valence-electron chi connectivity index (χ1n) is 11.9. The zero-order chi connectivity index (χ0) is 26.4. The molecule has 0 bridgehead atoms. The predicted octanol–water partition coefficient (Wildman–Crippen LogP) is 5.17. The van der Waals surface area contributed by atoms with Crippen LogP contribution in [0.25, 0.3) is 16.6 Å². The molecule has 8 nitrogen and oxygen atoms in total. The highest BCUT2D eigenvalue weighted by molar-refractivity contribution is 5.89. The number of nitrogens with zero attached hydrogens (tertiary/aromatic N) is 3. The van der Waals surface area contributed by atoms with Crippen LogP contribution in [0.2, 0.25) is 0 Å². The molecule has 0 saturated carbocycles. The number of benzene rings is 3. The molecule has 1 atom stereocenters. The number of hydrogen-bond acceptors (Lipinski definition) is 5. The number of urea groups is 1. The Hall–Kier alpha value is -4.24. The van der Waals surface area contributed by atoms with Crippen LogP contribution in [-0.2, 0) is 4.74 Å². The summed E-state index contributed by atoms with van der Waals surface area (Å²) in [7, 11) is 3.13. The molecule has 4 rings (SSSR count). The van der Waals surface area contributed by atoms with Crippen LogP contribution in [0.15, 0.2) is 77.6 Å². The standard InChI is InChI=1S/C28H29FN4O4/c1-4-25(32(17-18-36-2)28(35)30-20-11-15-22(37-3)16-12-20)26-31-24-8-6-5-7-23(24)27(34)33(26)21-13-9-19(29)10-14-21/h5-16,25H,4,17-18H2,1-3H3,(H,30,35). The highest BCUT2D eigenvalue weighted by Crippen LogP contribution is 2.27. The molecule has 1 N–H and O–H groups in total. The van der Waals surface area contributed by atoms with Crippen LogP contribution in [-0.4, -0.2) is 47.9 Å². The van der Waals surface area contributed by atoms with Crippen molar-refractivity contribution in [2.24, 2.45) is 0 Å². The van der Waals surface area contributed by atoms with Gasteiger partial charge in [0.2, 0.25) is 0 Å². The maximum atomic E-state index is 13.7. The topological polar surface area (TPSA) is 85.7 Å². The van der Waals surface area contributed by atoms with Crippen LogP contribution in [0.4, 0.5) is 14.9 Å². The summed E-state index contributed by atoms with van der Waals surface area (Å²) in [6, 6.07) is 18.7. The number of para-hydroxylation sites is 1. The Kier molecular flexibility index (Phi) is 8.15. The Labute approximate surface area is 214 Å². The van der Waals surface area contributed by atoms with E-state index in [0.717, 1.165) is 0 Å². The number of carbonyl (C=O) groups excluding carboxylic acids is 1. The Morgan fingerprint density at radius 3 is 2.41 bits per heavy atom. The second-order valence-corrected chi connectivity index (χ2v) is 8.37. The lowest BCUT2D eigenvalue weighted by Crippen LogP contribution is -2.42. The van der Waals surface area contributed by atoms with Crippen molar-refractivity contribution in [1.29, 1.82) is 0 Å². The van der Waals surface area contributed by atoms with E-state index >= 15 is 0 Å². The smallest absolute Gasteiger partial charge is 0.322 e. The van der Waals surface area contributed by atoms with Gasteiger partial charge in [0.25, 0.3) is 5.56 Å². The van der Waals surface area contributed by atoms with Gasteiger partial charge in [0.05, 0.1) is 36.3 Å². The zero-order valence-electron chi connectivity index (χ0n) is 21.0. The zero-order valence-corrected chi connectivity index (χ0v) is 21.0. The number of nitrogens with one attached hydrogen (secondary N) is 1. The quantitative estimate of drug-likeness (QED) is 0.340. The van der Waals surface area contributed by atoms with Gasteiger partial charge in [-0.15, -0.1) is 0 Å². The van der Waals surface area contributed by atoms with Gasteiger partial charge >= 0.3 is 6.03 Å². The fourth-order valence-electron chi connectivity index (χ4n) is 4.21. The number of aromatic nitrogens is 2. The van der Waals surface area contributed by atoms with Gasteiger partial charge in [-0.25, -0.2) is 14.2 Å². The van der Waals surface area contributed by atoms with Gasteiger partial charge in [-0.2, -0.15) is 0 Å². The van der Waals surface area contributed by atoms with Gasteiger partial charge in [0.15, 0.2) is 0 Å². The molecule has 0 aliphatic rings. The Bertz CT molecular complexity index is 1420. The molecule has 1 unspecified atom stereocenters. The lowest BCUT2D eigenvalue weighted by molar-refractivity contribution is 0.131. The average Bonchev–Trinajstić information content (AvgIpc) is 2.92. The van der Waals surface area contributed by atoms with E-state index in [1.807, 2.05) is 6.92 Å². The minimum absolute atomic E-state index is 0.253. The summed E-state index contributed by atoms with van der Waals surface area (Å²) in [6.07, 6.45) is 0.464. The lowest BCUT2D eigenvalue weighted by Gasteiger charge is -2.32. The minimum Gasteiger partial charge on any atom is -0.497 e. The van der Waals surface area contributed by atoms with E-state index in [-0.39, 0.29) is 24.7 Å². The van der Waals surface area contributed by atoms with Gasteiger partial charge in [0, 0.05) is 19.3 Å². The van der Waals surface area contributed by atoms with E-state index in [0.29, 0.717) is 40.3 Å². The fraction of sp³-hybridized carbons (Fsp3) is 0.250. The first-order valence-corrected chi connectivity index (χ1v) is 11.9. The number of rotatable bonds is 9. The first kappa shape index (κ1) is 25.8. The molecular weight excluding hydrogens is 475 g/mol. The summed E-state index contributed by atoms with van der Waals surface area (Å²) in [5.41, 5.74) is 1.26. The van der Waals surface area contributed by atoms with E-state index in [2.05, 4.69) is 5.32 Å². The van der Waals surface area contributed by atoms with Gasteiger partial charge in [-0.3, -0.25) is 9.36 Å². The monoisotopic (exact) mass is 504 g/mol. The Morgan fingerprint density at radius 1 is 1.05 bits per heavy atom. The number of ether oxygens (including phenoxy) is 2. The van der Waals surface area contributed by atoms with Crippen molar-refractivity contribution in [2.45, 2.75) is 19.4 Å². The van der Waals surface area contributed by atoms with Crippen molar-refractivity contribution in [2.75, 3.05) is 32.7 Å². The predicted molar refractivity (Wildman–Crippen MR) is 141 cm³/mol. The van der Waals surface area contributed by atoms with Crippen molar-refractivity contribution in [3.8, 4) is 11.4 Å². The van der Waals surface area contributed by atoms with Crippen molar-refractivity contribution >= 4 is 22.6 Å². The van der Waals surface area contributed by atoms with Crippen molar-refractivity contribution in [1.82, 2.24) is 14.5 Å². The van der Waals surface area contributed by atoms with E-state index in [1.54, 1.807) is 67.7 Å². The molecule has 37 heavy (non-hydrogen) atoms. The van der Waals surface area contributed by atoms with E-state index in [4.69, 9.17) is 14.5 Å². The van der Waals surface area contributed by atoms with Gasteiger partial charge in [-0.05, 0) is 67.1 Å². The molecule has 0 fully saturated rings. The first-order chi connectivity index (χ1) is 18.0. The molecule has 0 aliphatic heterocycles.